The van der Waals surface area contributed by atoms with E-state index in [1.807, 2.05) is 12.5 Å². The van der Waals surface area contributed by atoms with Gasteiger partial charge in [0.2, 0.25) is 0 Å². The van der Waals surface area contributed by atoms with Crippen LogP contribution in [0.4, 0.5) is 13.2 Å². The monoisotopic (exact) mass is 507 g/mol. The van der Waals surface area contributed by atoms with Gasteiger partial charge in [0, 0.05) is 39.1 Å². The molecule has 154 valence electrons. The number of imidazole rings is 1. The third kappa shape index (κ3) is 5.39. The van der Waals surface area contributed by atoms with Gasteiger partial charge in [-0.25, -0.2) is 4.98 Å². The first-order valence-corrected chi connectivity index (χ1v) is 8.97. The van der Waals surface area contributed by atoms with Gasteiger partial charge in [-0.15, -0.1) is 24.0 Å². The molecule has 0 radical (unpaired) electrons. The van der Waals surface area contributed by atoms with E-state index in [2.05, 4.69) is 31.7 Å². The molecular weight excluding hydrogens is 482 g/mol. The van der Waals surface area contributed by atoms with Gasteiger partial charge in [-0.2, -0.15) is 13.2 Å². The molecule has 5 nitrogen and oxygen atoms in total. The molecule has 0 amide bonds. The SMILES string of the molecule is CN=C(NCc1cccc(C(F)(F)F)c1)N1CCC(C)C(n2ccnc2)C1.I. The van der Waals surface area contributed by atoms with Crippen molar-refractivity contribution in [2.24, 2.45) is 10.9 Å². The fraction of sp³-hybridized carbons (Fsp3) is 0.474. The number of guanidine groups is 1. The third-order valence-electron chi connectivity index (χ3n) is 5.04. The standard InChI is InChI=1S/C19H24F3N5.HI/c1-14-6-8-26(12-17(14)27-9-7-24-13-27)18(23-2)25-11-15-4-3-5-16(10-15)19(20,21)22;/h3-5,7,9-10,13-14,17H,6,8,11-12H2,1-2H3,(H,23,25);1H. The maximum atomic E-state index is 12.9. The average molecular weight is 507 g/mol. The topological polar surface area (TPSA) is 45.5 Å². The molecule has 1 saturated heterocycles. The van der Waals surface area contributed by atoms with Crippen molar-refractivity contribution in [1.29, 1.82) is 0 Å². The van der Waals surface area contributed by atoms with Crippen LogP contribution in [0.25, 0.3) is 0 Å². The van der Waals surface area contributed by atoms with E-state index in [0.29, 0.717) is 24.0 Å². The second kappa shape index (κ2) is 9.62. The van der Waals surface area contributed by atoms with Gasteiger partial charge >= 0.3 is 6.18 Å². The van der Waals surface area contributed by atoms with Crippen molar-refractivity contribution in [3.63, 3.8) is 0 Å². The fourth-order valence-electron chi connectivity index (χ4n) is 3.47. The van der Waals surface area contributed by atoms with E-state index in [1.54, 1.807) is 19.3 Å². The molecule has 1 aromatic heterocycles. The Hall–Kier alpha value is -1.78. The van der Waals surface area contributed by atoms with Gasteiger partial charge in [0.15, 0.2) is 5.96 Å². The van der Waals surface area contributed by atoms with E-state index in [-0.39, 0.29) is 30.0 Å². The summed E-state index contributed by atoms with van der Waals surface area (Å²) in [7, 11) is 1.69. The maximum absolute atomic E-state index is 12.9. The zero-order chi connectivity index (χ0) is 19.4. The van der Waals surface area contributed by atoms with E-state index in [1.165, 1.54) is 12.1 Å². The Balaban J connectivity index is 0.00000280. The predicted octanol–water partition coefficient (Wildman–Crippen LogP) is 4.18. The molecule has 0 bridgehead atoms. The van der Waals surface area contributed by atoms with Crippen LogP contribution < -0.4 is 5.32 Å². The van der Waals surface area contributed by atoms with Crippen LogP contribution in [0.3, 0.4) is 0 Å². The molecule has 2 unspecified atom stereocenters. The van der Waals surface area contributed by atoms with Crippen molar-refractivity contribution in [1.82, 2.24) is 19.8 Å². The summed E-state index contributed by atoms with van der Waals surface area (Å²) in [6, 6.07) is 5.66. The maximum Gasteiger partial charge on any atom is 0.416 e. The molecule has 0 saturated carbocycles. The highest BCUT2D eigenvalue weighted by Crippen LogP contribution is 2.30. The lowest BCUT2D eigenvalue weighted by molar-refractivity contribution is -0.137. The van der Waals surface area contributed by atoms with Gasteiger partial charge in [0.25, 0.3) is 0 Å². The number of aromatic nitrogens is 2. The normalized spacial score (nSPS) is 20.6. The van der Waals surface area contributed by atoms with Crippen LogP contribution in [0.1, 0.15) is 30.5 Å². The first-order valence-electron chi connectivity index (χ1n) is 8.97. The van der Waals surface area contributed by atoms with Crippen LogP contribution in [0.15, 0.2) is 48.0 Å². The summed E-state index contributed by atoms with van der Waals surface area (Å²) in [4.78, 5) is 10.6. The lowest BCUT2D eigenvalue weighted by Crippen LogP contribution is -2.48. The van der Waals surface area contributed by atoms with Crippen LogP contribution >= 0.6 is 24.0 Å². The third-order valence-corrected chi connectivity index (χ3v) is 5.04. The Morgan fingerprint density at radius 3 is 2.79 bits per heavy atom. The Bertz CT molecular complexity index is 776. The van der Waals surface area contributed by atoms with Crippen LogP contribution in [0.2, 0.25) is 0 Å². The molecule has 1 N–H and O–H groups in total. The van der Waals surface area contributed by atoms with Crippen molar-refractivity contribution in [3.05, 3.63) is 54.1 Å². The number of halogens is 4. The van der Waals surface area contributed by atoms with E-state index < -0.39 is 11.7 Å². The zero-order valence-electron chi connectivity index (χ0n) is 15.9. The molecule has 3 rings (SSSR count). The molecule has 28 heavy (non-hydrogen) atoms. The number of hydrogen-bond donors (Lipinski definition) is 1. The summed E-state index contributed by atoms with van der Waals surface area (Å²) >= 11 is 0. The van der Waals surface area contributed by atoms with Gasteiger partial charge in [-0.3, -0.25) is 4.99 Å². The van der Waals surface area contributed by atoms with Crippen LogP contribution in [0.5, 0.6) is 0 Å². The second-order valence-electron chi connectivity index (χ2n) is 6.89. The Morgan fingerprint density at radius 1 is 1.36 bits per heavy atom. The fourth-order valence-corrected chi connectivity index (χ4v) is 3.47. The number of rotatable bonds is 3. The lowest BCUT2D eigenvalue weighted by atomic mass is 9.93. The second-order valence-corrected chi connectivity index (χ2v) is 6.89. The van der Waals surface area contributed by atoms with Crippen molar-refractivity contribution in [2.45, 2.75) is 32.1 Å². The highest BCUT2D eigenvalue weighted by Gasteiger charge is 2.31. The molecule has 2 aromatic rings. The van der Waals surface area contributed by atoms with Crippen molar-refractivity contribution >= 4 is 29.9 Å². The number of nitrogens with zero attached hydrogens (tertiary/aromatic N) is 4. The summed E-state index contributed by atoms with van der Waals surface area (Å²) in [5.74, 6) is 1.21. The lowest BCUT2D eigenvalue weighted by Gasteiger charge is -2.39. The number of nitrogens with one attached hydrogen (secondary N) is 1. The Kier molecular flexibility index (Phi) is 7.73. The van der Waals surface area contributed by atoms with Crippen molar-refractivity contribution in [2.75, 3.05) is 20.1 Å². The first-order chi connectivity index (χ1) is 12.9. The van der Waals surface area contributed by atoms with Gasteiger partial charge in [0.05, 0.1) is 17.9 Å². The van der Waals surface area contributed by atoms with E-state index in [9.17, 15) is 13.2 Å². The van der Waals surface area contributed by atoms with Crippen LogP contribution in [-0.2, 0) is 12.7 Å². The minimum absolute atomic E-state index is 0. The Labute approximate surface area is 180 Å². The van der Waals surface area contributed by atoms with Gasteiger partial charge in [-0.1, -0.05) is 19.1 Å². The summed E-state index contributed by atoms with van der Waals surface area (Å²) in [6.07, 6.45) is 2.23. The Morgan fingerprint density at radius 2 is 2.14 bits per heavy atom. The van der Waals surface area contributed by atoms with Crippen LogP contribution in [0, 0.1) is 5.92 Å². The number of alkyl halides is 3. The number of likely N-dealkylation sites (tertiary alicyclic amines) is 1. The molecular formula is C19H25F3IN5. The molecule has 9 heteroatoms. The minimum Gasteiger partial charge on any atom is -0.352 e. The summed E-state index contributed by atoms with van der Waals surface area (Å²) in [5.41, 5.74) is -0.0636. The first kappa shape index (κ1) is 22.5. The van der Waals surface area contributed by atoms with E-state index in [4.69, 9.17) is 0 Å². The van der Waals surface area contributed by atoms with E-state index >= 15 is 0 Å². The number of benzene rings is 1. The van der Waals surface area contributed by atoms with Gasteiger partial charge < -0.3 is 14.8 Å². The smallest absolute Gasteiger partial charge is 0.352 e. The number of aliphatic imine (C=N–C) groups is 1. The molecule has 0 spiro atoms. The van der Waals surface area contributed by atoms with Crippen molar-refractivity contribution in [3.8, 4) is 0 Å². The minimum atomic E-state index is -4.33. The summed E-state index contributed by atoms with van der Waals surface area (Å²) in [6.45, 7) is 4.15. The highest BCUT2D eigenvalue weighted by atomic mass is 127. The average Bonchev–Trinajstić information content (AvgIpc) is 3.17. The molecule has 0 aliphatic carbocycles. The number of piperidine rings is 1. The van der Waals surface area contributed by atoms with Gasteiger partial charge in [-0.05, 0) is 30.0 Å². The molecule has 2 heterocycles. The van der Waals surface area contributed by atoms with Gasteiger partial charge in [0.1, 0.15) is 0 Å². The zero-order valence-corrected chi connectivity index (χ0v) is 18.2. The molecule has 1 aliphatic heterocycles. The molecule has 1 fully saturated rings. The largest absolute Gasteiger partial charge is 0.416 e. The van der Waals surface area contributed by atoms with Crippen molar-refractivity contribution < 1.29 is 13.2 Å². The molecule has 1 aromatic carbocycles. The van der Waals surface area contributed by atoms with Crippen LogP contribution in [-0.4, -0.2) is 40.5 Å². The van der Waals surface area contributed by atoms with E-state index in [0.717, 1.165) is 25.6 Å². The quantitative estimate of drug-likeness (QED) is 0.386. The number of hydrogen-bond acceptors (Lipinski definition) is 2. The summed E-state index contributed by atoms with van der Waals surface area (Å²) < 4.78 is 40.7. The summed E-state index contributed by atoms with van der Waals surface area (Å²) in [5, 5.41) is 3.20. The predicted molar refractivity (Wildman–Crippen MR) is 114 cm³/mol. The highest BCUT2D eigenvalue weighted by molar-refractivity contribution is 14.0. The molecule has 1 aliphatic rings. The molecule has 2 atom stereocenters.